The summed E-state index contributed by atoms with van der Waals surface area (Å²) in [5, 5.41) is 5.38. The van der Waals surface area contributed by atoms with Crippen molar-refractivity contribution in [2.24, 2.45) is 0 Å². The second-order valence-electron chi connectivity index (χ2n) is 6.94. The van der Waals surface area contributed by atoms with E-state index in [1.807, 2.05) is 36.4 Å². The molecule has 0 bridgehead atoms. The van der Waals surface area contributed by atoms with Crippen LogP contribution in [0.3, 0.4) is 0 Å². The number of rotatable bonds is 4. The lowest BCUT2D eigenvalue weighted by Crippen LogP contribution is -2.32. The molecular weight excluding hydrogens is 358 g/mol. The average Bonchev–Trinajstić information content (AvgIpc) is 2.70. The predicted octanol–water partition coefficient (Wildman–Crippen LogP) is 4.12. The van der Waals surface area contributed by atoms with Gasteiger partial charge in [0.2, 0.25) is 11.8 Å². The quantitative estimate of drug-likeness (QED) is 0.836. The molecule has 0 unspecified atom stereocenters. The Bertz CT molecular complexity index is 832. The molecule has 2 aromatic rings. The monoisotopic (exact) mass is 381 g/mol. The van der Waals surface area contributed by atoms with Gasteiger partial charge >= 0.3 is 0 Å². The van der Waals surface area contributed by atoms with Crippen LogP contribution in [0, 0.1) is 0 Å². The van der Waals surface area contributed by atoms with E-state index in [4.69, 9.17) is 0 Å². The van der Waals surface area contributed by atoms with E-state index >= 15 is 0 Å². The molecule has 1 saturated heterocycles. The van der Waals surface area contributed by atoms with Gasteiger partial charge in [-0.2, -0.15) is 0 Å². The lowest BCUT2D eigenvalue weighted by molar-refractivity contribution is -0.120. The number of piperidine rings is 1. The minimum atomic E-state index is -0.410. The maximum Gasteiger partial charge on any atom is 0.238 e. The Morgan fingerprint density at radius 3 is 2.59 bits per heavy atom. The van der Waals surface area contributed by atoms with Crippen molar-refractivity contribution in [2.75, 3.05) is 28.6 Å². The second-order valence-corrected chi connectivity index (χ2v) is 8.18. The molecule has 0 aromatic heterocycles. The van der Waals surface area contributed by atoms with Gasteiger partial charge in [-0.25, -0.2) is 0 Å². The first-order valence-electron chi connectivity index (χ1n) is 9.40. The predicted molar refractivity (Wildman–Crippen MR) is 110 cm³/mol. The Morgan fingerprint density at radius 1 is 1.07 bits per heavy atom. The fourth-order valence-electron chi connectivity index (χ4n) is 3.52. The molecule has 0 saturated carbocycles. The fourth-order valence-corrected chi connectivity index (χ4v) is 4.63. The molecular formula is C21H23N3O2S. The van der Waals surface area contributed by atoms with Crippen molar-refractivity contribution in [3.05, 3.63) is 48.5 Å². The van der Waals surface area contributed by atoms with E-state index in [1.165, 1.54) is 36.7 Å². The molecule has 4 rings (SSSR count). The average molecular weight is 382 g/mol. The van der Waals surface area contributed by atoms with Gasteiger partial charge in [-0.1, -0.05) is 12.1 Å². The van der Waals surface area contributed by atoms with E-state index in [-0.39, 0.29) is 18.2 Å². The Balaban J connectivity index is 1.35. The van der Waals surface area contributed by atoms with Gasteiger partial charge in [0.25, 0.3) is 0 Å². The molecule has 2 heterocycles. The van der Waals surface area contributed by atoms with Gasteiger partial charge in [0.15, 0.2) is 0 Å². The number of carbonyl (C=O) groups is 2. The zero-order valence-electron chi connectivity index (χ0n) is 15.1. The van der Waals surface area contributed by atoms with Gasteiger partial charge in [0, 0.05) is 35.8 Å². The minimum absolute atomic E-state index is 0.116. The van der Waals surface area contributed by atoms with Crippen LogP contribution in [-0.4, -0.2) is 30.2 Å². The summed E-state index contributed by atoms with van der Waals surface area (Å²) in [5.41, 5.74) is 2.78. The first-order valence-corrected chi connectivity index (χ1v) is 10.3. The number of para-hydroxylation sites is 1. The number of carbonyl (C=O) groups excluding carboxylic acids is 2. The summed E-state index contributed by atoms with van der Waals surface area (Å²) < 4.78 is 0. The third-order valence-electron chi connectivity index (χ3n) is 4.95. The van der Waals surface area contributed by atoms with Gasteiger partial charge in [0.1, 0.15) is 0 Å². The van der Waals surface area contributed by atoms with Crippen LogP contribution in [0.25, 0.3) is 0 Å². The van der Waals surface area contributed by atoms with E-state index in [2.05, 4.69) is 27.7 Å². The third kappa shape index (κ3) is 4.27. The molecule has 2 aromatic carbocycles. The summed E-state index contributed by atoms with van der Waals surface area (Å²) in [5.74, 6) is -0.262. The van der Waals surface area contributed by atoms with Crippen LogP contribution in [0.1, 0.15) is 25.7 Å². The van der Waals surface area contributed by atoms with Crippen molar-refractivity contribution in [2.45, 2.75) is 35.8 Å². The minimum Gasteiger partial charge on any atom is -0.372 e. The molecule has 1 fully saturated rings. The lowest BCUT2D eigenvalue weighted by atomic mass is 10.1. The number of fused-ring (bicyclic) bond motifs is 1. The van der Waals surface area contributed by atoms with Crippen LogP contribution in [-0.2, 0) is 9.59 Å². The molecule has 140 valence electrons. The second kappa shape index (κ2) is 8.05. The molecule has 5 nitrogen and oxygen atoms in total. The SMILES string of the molecule is O=C(C[C@@H]1Sc2ccccc2NC1=O)Nc1ccc(N2CCCCC2)cc1. The van der Waals surface area contributed by atoms with E-state index in [9.17, 15) is 9.59 Å². The molecule has 2 N–H and O–H groups in total. The maximum absolute atomic E-state index is 12.4. The Kier molecular flexibility index (Phi) is 5.34. The number of hydrogen-bond acceptors (Lipinski definition) is 4. The first-order chi connectivity index (χ1) is 13.2. The number of nitrogens with zero attached hydrogens (tertiary/aromatic N) is 1. The highest BCUT2D eigenvalue weighted by Crippen LogP contribution is 2.36. The van der Waals surface area contributed by atoms with Gasteiger partial charge in [-0.15, -0.1) is 11.8 Å². The zero-order chi connectivity index (χ0) is 18.6. The van der Waals surface area contributed by atoms with Gasteiger partial charge in [0.05, 0.1) is 10.9 Å². The van der Waals surface area contributed by atoms with E-state index < -0.39 is 5.25 Å². The van der Waals surface area contributed by atoms with Crippen molar-refractivity contribution >= 4 is 40.6 Å². The van der Waals surface area contributed by atoms with Crippen LogP contribution < -0.4 is 15.5 Å². The molecule has 2 amide bonds. The smallest absolute Gasteiger partial charge is 0.238 e. The van der Waals surface area contributed by atoms with Crippen molar-refractivity contribution < 1.29 is 9.59 Å². The summed E-state index contributed by atoms with van der Waals surface area (Å²) in [6.07, 6.45) is 3.94. The largest absolute Gasteiger partial charge is 0.372 e. The third-order valence-corrected chi connectivity index (χ3v) is 6.22. The highest BCUT2D eigenvalue weighted by Gasteiger charge is 2.28. The summed E-state index contributed by atoms with van der Waals surface area (Å²) in [6.45, 7) is 2.20. The van der Waals surface area contributed by atoms with Crippen LogP contribution >= 0.6 is 11.8 Å². The standard InChI is InChI=1S/C21H23N3O2S/c25-20(14-19-21(26)23-17-6-2-3-7-18(17)27-19)22-15-8-10-16(11-9-15)24-12-4-1-5-13-24/h2-3,6-11,19H,1,4-5,12-14H2,(H,22,25)(H,23,26)/t19-/m0/s1. The van der Waals surface area contributed by atoms with E-state index in [0.29, 0.717) is 0 Å². The van der Waals surface area contributed by atoms with Crippen molar-refractivity contribution in [3.63, 3.8) is 0 Å². The maximum atomic E-state index is 12.4. The Labute approximate surface area is 163 Å². The number of hydrogen-bond donors (Lipinski definition) is 2. The van der Waals surface area contributed by atoms with Crippen molar-refractivity contribution in [1.29, 1.82) is 0 Å². The summed E-state index contributed by atoms with van der Waals surface area (Å²) in [4.78, 5) is 28.0. The fraction of sp³-hybridized carbons (Fsp3) is 0.333. The molecule has 0 aliphatic carbocycles. The van der Waals surface area contributed by atoms with Crippen LogP contribution in [0.2, 0.25) is 0 Å². The number of amides is 2. The normalized spacial score (nSPS) is 19.2. The Hall–Kier alpha value is -2.47. The topological polar surface area (TPSA) is 61.4 Å². The molecule has 1 atom stereocenters. The van der Waals surface area contributed by atoms with E-state index in [1.54, 1.807) is 0 Å². The highest BCUT2D eigenvalue weighted by molar-refractivity contribution is 8.01. The van der Waals surface area contributed by atoms with Crippen LogP contribution in [0.15, 0.2) is 53.4 Å². The van der Waals surface area contributed by atoms with Gasteiger partial charge in [-0.3, -0.25) is 9.59 Å². The molecule has 0 spiro atoms. The summed E-state index contributed by atoms with van der Waals surface area (Å²) in [7, 11) is 0. The van der Waals surface area contributed by atoms with Crippen LogP contribution in [0.5, 0.6) is 0 Å². The number of anilines is 3. The highest BCUT2D eigenvalue weighted by atomic mass is 32.2. The first kappa shape index (κ1) is 17.9. The van der Waals surface area contributed by atoms with Crippen molar-refractivity contribution in [1.82, 2.24) is 0 Å². The zero-order valence-corrected chi connectivity index (χ0v) is 15.9. The van der Waals surface area contributed by atoms with E-state index in [0.717, 1.165) is 29.4 Å². The van der Waals surface area contributed by atoms with Gasteiger partial charge in [-0.05, 0) is 55.7 Å². The van der Waals surface area contributed by atoms with Crippen molar-refractivity contribution in [3.8, 4) is 0 Å². The summed E-state index contributed by atoms with van der Waals surface area (Å²) in [6, 6.07) is 15.6. The van der Waals surface area contributed by atoms with Gasteiger partial charge < -0.3 is 15.5 Å². The summed E-state index contributed by atoms with van der Waals surface area (Å²) >= 11 is 1.45. The molecule has 0 radical (unpaired) electrons. The molecule has 2 aliphatic rings. The Morgan fingerprint density at radius 2 is 1.81 bits per heavy atom. The molecule has 6 heteroatoms. The van der Waals surface area contributed by atoms with Crippen LogP contribution in [0.4, 0.5) is 17.1 Å². The number of thioether (sulfide) groups is 1. The number of nitrogens with one attached hydrogen (secondary N) is 2. The molecule has 2 aliphatic heterocycles. The molecule has 27 heavy (non-hydrogen) atoms. The lowest BCUT2D eigenvalue weighted by Gasteiger charge is -2.28. The number of benzene rings is 2.